The van der Waals surface area contributed by atoms with Gasteiger partial charge in [0.15, 0.2) is 0 Å². The molecule has 2 saturated heterocycles. The molecule has 4 nitrogen and oxygen atoms in total. The number of alkyl halides is 2. The van der Waals surface area contributed by atoms with E-state index in [0.717, 1.165) is 17.7 Å². The number of nitrogens with zero attached hydrogens (tertiary/aromatic N) is 2. The molecule has 2 unspecified atom stereocenters. The number of aryl methyl sites for hydroxylation is 1. The molecule has 2 atom stereocenters. The van der Waals surface area contributed by atoms with Crippen LogP contribution in [0.25, 0.3) is 11.1 Å². The van der Waals surface area contributed by atoms with Gasteiger partial charge in [-0.25, -0.2) is 17.6 Å². The van der Waals surface area contributed by atoms with Crippen molar-refractivity contribution in [3.63, 3.8) is 0 Å². The number of halogens is 4. The summed E-state index contributed by atoms with van der Waals surface area (Å²) in [5.74, 6) is -4.17. The lowest BCUT2D eigenvalue weighted by molar-refractivity contribution is -0.120. The fourth-order valence-corrected chi connectivity index (χ4v) is 5.39. The Hall–Kier alpha value is -2.10. The molecule has 3 fully saturated rings. The van der Waals surface area contributed by atoms with Crippen molar-refractivity contribution in [1.82, 2.24) is 14.5 Å². The number of amides is 1. The van der Waals surface area contributed by atoms with Crippen LogP contribution in [0.4, 0.5) is 17.6 Å². The topological polar surface area (TPSA) is 35.6 Å². The van der Waals surface area contributed by atoms with E-state index in [9.17, 15) is 18.0 Å². The van der Waals surface area contributed by atoms with Crippen LogP contribution in [-0.2, 0) is 11.2 Å². The third kappa shape index (κ3) is 6.37. The highest BCUT2D eigenvalue weighted by Crippen LogP contribution is 2.39. The molecular formula is C26H31F4N3OS. The van der Waals surface area contributed by atoms with Crippen LogP contribution < -0.4 is 4.72 Å². The predicted octanol–water partition coefficient (Wildman–Crippen LogP) is 5.05. The highest BCUT2D eigenvalue weighted by Gasteiger charge is 2.54. The molecule has 2 aromatic rings. The Labute approximate surface area is 208 Å². The van der Waals surface area contributed by atoms with E-state index in [1.165, 1.54) is 55.7 Å². The summed E-state index contributed by atoms with van der Waals surface area (Å²) in [7, 11) is 2.14. The zero-order valence-corrected chi connectivity index (χ0v) is 20.8. The van der Waals surface area contributed by atoms with Gasteiger partial charge in [0.2, 0.25) is 6.41 Å². The maximum atomic E-state index is 15.3. The van der Waals surface area contributed by atoms with Crippen molar-refractivity contribution in [2.24, 2.45) is 0 Å². The summed E-state index contributed by atoms with van der Waals surface area (Å²) in [4.78, 5) is 14.8. The second-order valence-electron chi connectivity index (χ2n) is 9.68. The first-order valence-corrected chi connectivity index (χ1v) is 12.8. The Morgan fingerprint density at radius 3 is 2.46 bits per heavy atom. The first-order chi connectivity index (χ1) is 16.7. The van der Waals surface area contributed by atoms with Gasteiger partial charge in [0, 0.05) is 10.8 Å². The second kappa shape index (κ2) is 10.9. The Morgan fingerprint density at radius 1 is 1.17 bits per heavy atom. The summed E-state index contributed by atoms with van der Waals surface area (Å²) in [6, 6.07) is 6.78. The van der Waals surface area contributed by atoms with Crippen LogP contribution >= 0.6 is 11.9 Å². The van der Waals surface area contributed by atoms with Crippen LogP contribution in [0.1, 0.15) is 30.4 Å². The zero-order chi connectivity index (χ0) is 25.2. The van der Waals surface area contributed by atoms with Gasteiger partial charge >= 0.3 is 0 Å². The molecule has 0 bridgehead atoms. The second-order valence-corrected chi connectivity index (χ2v) is 10.8. The van der Waals surface area contributed by atoms with E-state index < -0.39 is 36.2 Å². The zero-order valence-electron chi connectivity index (χ0n) is 19.9. The molecule has 2 heterocycles. The van der Waals surface area contributed by atoms with E-state index >= 15 is 4.39 Å². The SMILES string of the molecule is CN1CCC1.Cc1cc(F)cc(-c2cccc(CC3C(NSC4CC4)C(F)(F)CN3C=O)c2F)c1. The van der Waals surface area contributed by atoms with Gasteiger partial charge < -0.3 is 9.80 Å². The van der Waals surface area contributed by atoms with Gasteiger partial charge in [-0.15, -0.1) is 0 Å². The monoisotopic (exact) mass is 509 g/mol. The minimum absolute atomic E-state index is 0.0643. The molecule has 5 rings (SSSR count). The smallest absolute Gasteiger partial charge is 0.283 e. The average Bonchev–Trinajstić information content (AvgIpc) is 3.57. The van der Waals surface area contributed by atoms with Gasteiger partial charge in [0.05, 0.1) is 12.6 Å². The molecule has 0 radical (unpaired) electrons. The van der Waals surface area contributed by atoms with Crippen LogP contribution in [0.2, 0.25) is 0 Å². The fraction of sp³-hybridized carbons (Fsp3) is 0.500. The molecule has 9 heteroatoms. The van der Waals surface area contributed by atoms with E-state index in [-0.39, 0.29) is 17.5 Å². The van der Waals surface area contributed by atoms with Crippen molar-refractivity contribution in [2.45, 2.75) is 55.9 Å². The molecule has 190 valence electrons. The Balaban J connectivity index is 0.000000514. The average molecular weight is 510 g/mol. The van der Waals surface area contributed by atoms with Gasteiger partial charge in [-0.05, 0) is 81.6 Å². The van der Waals surface area contributed by atoms with E-state index in [4.69, 9.17) is 0 Å². The van der Waals surface area contributed by atoms with Crippen LogP contribution in [0.5, 0.6) is 0 Å². The van der Waals surface area contributed by atoms with Gasteiger partial charge in [-0.1, -0.05) is 36.2 Å². The number of nitrogens with one attached hydrogen (secondary N) is 1. The third-order valence-corrected chi connectivity index (χ3v) is 7.82. The number of rotatable bonds is 7. The molecule has 2 aliphatic heterocycles. The standard InChI is InChI=1S/C22H22F4N2OS.C4H9N/c1-13-7-15(9-16(23)8-13)18-4-2-3-14(20(18)24)10-19-21(27-30-17-5-6-17)22(25,26)11-28(19)12-29;1-5-3-2-4-5/h2-4,7-9,12,17,19,21,27H,5-6,10-11H2,1H3;2-4H2,1H3. The summed E-state index contributed by atoms with van der Waals surface area (Å²) >= 11 is 1.27. The lowest BCUT2D eigenvalue weighted by Crippen LogP contribution is -2.47. The van der Waals surface area contributed by atoms with Crippen molar-refractivity contribution in [2.75, 3.05) is 26.7 Å². The summed E-state index contributed by atoms with van der Waals surface area (Å²) < 4.78 is 61.1. The number of likely N-dealkylation sites (tertiary alicyclic amines) is 2. The summed E-state index contributed by atoms with van der Waals surface area (Å²) in [6.07, 6.45) is 3.70. The van der Waals surface area contributed by atoms with Crippen LogP contribution in [0, 0.1) is 18.6 Å². The Kier molecular flexibility index (Phi) is 8.08. The van der Waals surface area contributed by atoms with Crippen LogP contribution in [0.15, 0.2) is 36.4 Å². The van der Waals surface area contributed by atoms with Crippen molar-refractivity contribution in [3.8, 4) is 11.1 Å². The minimum atomic E-state index is -3.11. The third-order valence-electron chi connectivity index (χ3n) is 6.62. The number of carbonyl (C=O) groups excluding carboxylic acids is 1. The molecular weight excluding hydrogens is 478 g/mol. The first kappa shape index (κ1) is 26.0. The van der Waals surface area contributed by atoms with Crippen LogP contribution in [-0.4, -0.2) is 66.1 Å². The predicted molar refractivity (Wildman–Crippen MR) is 131 cm³/mol. The number of benzene rings is 2. The van der Waals surface area contributed by atoms with Crippen molar-refractivity contribution >= 4 is 18.4 Å². The van der Waals surface area contributed by atoms with Gasteiger partial charge in [-0.3, -0.25) is 9.52 Å². The molecule has 2 aromatic carbocycles. The normalized spacial score (nSPS) is 23.4. The maximum absolute atomic E-state index is 15.3. The summed E-state index contributed by atoms with van der Waals surface area (Å²) in [5.41, 5.74) is 1.45. The van der Waals surface area contributed by atoms with Crippen LogP contribution in [0.3, 0.4) is 0 Å². The summed E-state index contributed by atoms with van der Waals surface area (Å²) in [5, 5.41) is 0.308. The fourth-order valence-electron chi connectivity index (χ4n) is 4.35. The van der Waals surface area contributed by atoms with Crippen molar-refractivity contribution < 1.29 is 22.4 Å². The molecule has 35 heavy (non-hydrogen) atoms. The minimum Gasteiger partial charge on any atom is -0.334 e. The van der Waals surface area contributed by atoms with E-state index in [1.807, 2.05) is 0 Å². The lowest BCUT2D eigenvalue weighted by Gasteiger charge is -2.26. The molecule has 1 N–H and O–H groups in total. The number of hydrogen-bond acceptors (Lipinski definition) is 4. The van der Waals surface area contributed by atoms with E-state index in [2.05, 4.69) is 16.7 Å². The number of hydrogen-bond donors (Lipinski definition) is 1. The number of carbonyl (C=O) groups is 1. The molecule has 1 saturated carbocycles. The molecule has 0 spiro atoms. The lowest BCUT2D eigenvalue weighted by atomic mass is 9.95. The highest BCUT2D eigenvalue weighted by molar-refractivity contribution is 7.98. The largest absolute Gasteiger partial charge is 0.334 e. The summed E-state index contributed by atoms with van der Waals surface area (Å²) in [6.45, 7) is 3.65. The Morgan fingerprint density at radius 2 is 1.89 bits per heavy atom. The van der Waals surface area contributed by atoms with E-state index in [1.54, 1.807) is 19.1 Å². The quantitative estimate of drug-likeness (QED) is 0.322. The maximum Gasteiger partial charge on any atom is 0.283 e. The highest BCUT2D eigenvalue weighted by atomic mass is 32.2. The molecule has 1 aliphatic carbocycles. The molecule has 3 aliphatic rings. The van der Waals surface area contributed by atoms with E-state index in [0.29, 0.717) is 22.8 Å². The van der Waals surface area contributed by atoms with Gasteiger partial charge in [0.1, 0.15) is 17.7 Å². The molecule has 0 aromatic heterocycles. The van der Waals surface area contributed by atoms with Crippen molar-refractivity contribution in [3.05, 3.63) is 59.2 Å². The van der Waals surface area contributed by atoms with Gasteiger partial charge in [0.25, 0.3) is 5.92 Å². The van der Waals surface area contributed by atoms with Gasteiger partial charge in [-0.2, -0.15) is 0 Å². The first-order valence-electron chi connectivity index (χ1n) is 11.9. The van der Waals surface area contributed by atoms with Crippen molar-refractivity contribution in [1.29, 1.82) is 0 Å². The molecule has 1 amide bonds. The Bertz CT molecular complexity index is 1030.